The van der Waals surface area contributed by atoms with E-state index < -0.39 is 0 Å². The molecule has 0 fully saturated rings. The summed E-state index contributed by atoms with van der Waals surface area (Å²) in [7, 11) is 0. The van der Waals surface area contributed by atoms with Crippen LogP contribution in [0.15, 0.2) is 67.3 Å². The van der Waals surface area contributed by atoms with Gasteiger partial charge in [0.25, 0.3) is 0 Å². The molecule has 3 rings (SSSR count). The highest BCUT2D eigenvalue weighted by Crippen LogP contribution is 2.19. The highest BCUT2D eigenvalue weighted by Gasteiger charge is 2.21. The van der Waals surface area contributed by atoms with E-state index in [1.165, 1.54) is 6.33 Å². The molecular formula is C20H23N5O. The van der Waals surface area contributed by atoms with Crippen molar-refractivity contribution < 1.29 is 4.79 Å². The van der Waals surface area contributed by atoms with E-state index in [0.29, 0.717) is 13.1 Å². The molecule has 26 heavy (non-hydrogen) atoms. The number of benzene rings is 2. The van der Waals surface area contributed by atoms with Gasteiger partial charge in [-0.05, 0) is 16.7 Å². The van der Waals surface area contributed by atoms with E-state index in [-0.39, 0.29) is 17.9 Å². The second kappa shape index (κ2) is 8.40. The number of nitrogens with zero attached hydrogens (tertiary/aromatic N) is 3. The van der Waals surface area contributed by atoms with Gasteiger partial charge in [0.05, 0.1) is 12.5 Å². The smallest absolute Gasteiger partial charge is 0.225 e. The lowest BCUT2D eigenvalue weighted by Gasteiger charge is -2.20. The summed E-state index contributed by atoms with van der Waals surface area (Å²) in [6, 6.07) is 17.5. The van der Waals surface area contributed by atoms with E-state index in [4.69, 9.17) is 5.73 Å². The molecule has 2 unspecified atom stereocenters. The van der Waals surface area contributed by atoms with Crippen LogP contribution in [-0.2, 0) is 17.9 Å². The number of rotatable bonds is 7. The summed E-state index contributed by atoms with van der Waals surface area (Å²) in [6.45, 7) is 3.01. The molecule has 134 valence electrons. The van der Waals surface area contributed by atoms with Crippen molar-refractivity contribution in [2.75, 3.05) is 0 Å². The van der Waals surface area contributed by atoms with Crippen LogP contribution in [0, 0.1) is 5.92 Å². The summed E-state index contributed by atoms with van der Waals surface area (Å²) < 4.78 is 1.77. The predicted molar refractivity (Wildman–Crippen MR) is 99.9 cm³/mol. The van der Waals surface area contributed by atoms with Crippen LogP contribution in [0.1, 0.15) is 29.7 Å². The molecule has 2 atom stereocenters. The van der Waals surface area contributed by atoms with Gasteiger partial charge in [-0.1, -0.05) is 61.5 Å². The molecule has 0 saturated carbocycles. The maximum Gasteiger partial charge on any atom is 0.225 e. The second-order valence-corrected chi connectivity index (χ2v) is 6.35. The van der Waals surface area contributed by atoms with Crippen LogP contribution in [-0.4, -0.2) is 20.7 Å². The third kappa shape index (κ3) is 4.55. The Balaban J connectivity index is 1.52. The van der Waals surface area contributed by atoms with Gasteiger partial charge in [-0.15, -0.1) is 0 Å². The maximum absolute atomic E-state index is 12.4. The molecular weight excluding hydrogens is 326 g/mol. The standard InChI is InChI=1S/C20H23N5O/c1-15(19(21)18-5-3-2-4-6-18)20(26)23-11-16-7-9-17(10-8-16)12-25-14-22-13-24-25/h2-10,13-15,19H,11-12,21H2,1H3,(H,23,26). The zero-order valence-corrected chi connectivity index (χ0v) is 14.7. The number of aromatic nitrogens is 3. The van der Waals surface area contributed by atoms with Gasteiger partial charge in [0, 0.05) is 12.6 Å². The summed E-state index contributed by atoms with van der Waals surface area (Å²) in [4.78, 5) is 16.3. The highest BCUT2D eigenvalue weighted by atomic mass is 16.1. The van der Waals surface area contributed by atoms with Crippen LogP contribution in [0.3, 0.4) is 0 Å². The van der Waals surface area contributed by atoms with E-state index >= 15 is 0 Å². The molecule has 0 aliphatic heterocycles. The SMILES string of the molecule is CC(C(=O)NCc1ccc(Cn2cncn2)cc1)C(N)c1ccccc1. The van der Waals surface area contributed by atoms with Crippen LogP contribution in [0.2, 0.25) is 0 Å². The van der Waals surface area contributed by atoms with Crippen molar-refractivity contribution in [3.05, 3.63) is 83.9 Å². The number of carbonyl (C=O) groups is 1. The Bertz CT molecular complexity index is 815. The predicted octanol–water partition coefficient (Wildman–Crippen LogP) is 2.28. The zero-order chi connectivity index (χ0) is 18.4. The van der Waals surface area contributed by atoms with E-state index in [9.17, 15) is 4.79 Å². The Morgan fingerprint density at radius 1 is 1.12 bits per heavy atom. The molecule has 1 aromatic heterocycles. The lowest BCUT2D eigenvalue weighted by molar-refractivity contribution is -0.125. The third-order valence-corrected chi connectivity index (χ3v) is 4.44. The largest absolute Gasteiger partial charge is 0.352 e. The Kier molecular flexibility index (Phi) is 5.76. The first-order valence-corrected chi connectivity index (χ1v) is 8.62. The van der Waals surface area contributed by atoms with Crippen molar-refractivity contribution in [3.63, 3.8) is 0 Å². The van der Waals surface area contributed by atoms with E-state index in [0.717, 1.165) is 16.7 Å². The second-order valence-electron chi connectivity index (χ2n) is 6.35. The average molecular weight is 349 g/mol. The molecule has 0 bridgehead atoms. The summed E-state index contributed by atoms with van der Waals surface area (Å²) in [6.07, 6.45) is 3.21. The minimum Gasteiger partial charge on any atom is -0.352 e. The fraction of sp³-hybridized carbons (Fsp3) is 0.250. The first-order valence-electron chi connectivity index (χ1n) is 8.62. The zero-order valence-electron chi connectivity index (χ0n) is 14.7. The van der Waals surface area contributed by atoms with Crippen molar-refractivity contribution in [1.29, 1.82) is 0 Å². The molecule has 0 radical (unpaired) electrons. The number of hydrogen-bond donors (Lipinski definition) is 2. The van der Waals surface area contributed by atoms with Gasteiger partial charge in [-0.25, -0.2) is 9.67 Å². The minimum atomic E-state index is -0.318. The lowest BCUT2D eigenvalue weighted by Crippen LogP contribution is -2.35. The molecule has 3 N–H and O–H groups in total. The van der Waals surface area contributed by atoms with E-state index in [1.807, 2.05) is 61.5 Å². The van der Waals surface area contributed by atoms with Crippen LogP contribution in [0.5, 0.6) is 0 Å². The molecule has 2 aromatic carbocycles. The average Bonchev–Trinajstić information content (AvgIpc) is 3.19. The van der Waals surface area contributed by atoms with Gasteiger partial charge < -0.3 is 11.1 Å². The first kappa shape index (κ1) is 17.8. The number of nitrogens with two attached hydrogens (primary N) is 1. The molecule has 1 heterocycles. The summed E-state index contributed by atoms with van der Waals surface area (Å²) in [5.41, 5.74) is 9.36. The molecule has 6 heteroatoms. The van der Waals surface area contributed by atoms with E-state index in [2.05, 4.69) is 15.4 Å². The fourth-order valence-corrected chi connectivity index (χ4v) is 2.74. The van der Waals surface area contributed by atoms with Crippen molar-refractivity contribution >= 4 is 5.91 Å². The van der Waals surface area contributed by atoms with Crippen LogP contribution in [0.25, 0.3) is 0 Å². The Morgan fingerprint density at radius 2 is 1.81 bits per heavy atom. The van der Waals surface area contributed by atoms with Crippen molar-refractivity contribution in [2.45, 2.75) is 26.1 Å². The normalized spacial score (nSPS) is 13.2. The van der Waals surface area contributed by atoms with Crippen molar-refractivity contribution in [1.82, 2.24) is 20.1 Å². The number of amides is 1. The molecule has 6 nitrogen and oxygen atoms in total. The van der Waals surface area contributed by atoms with Gasteiger partial charge in [-0.2, -0.15) is 5.10 Å². The maximum atomic E-state index is 12.4. The summed E-state index contributed by atoms with van der Waals surface area (Å²) >= 11 is 0. The minimum absolute atomic E-state index is 0.0481. The van der Waals surface area contributed by atoms with Gasteiger partial charge in [0.1, 0.15) is 12.7 Å². The lowest BCUT2D eigenvalue weighted by atomic mass is 9.94. The Labute approximate surface area is 153 Å². The third-order valence-electron chi connectivity index (χ3n) is 4.44. The molecule has 1 amide bonds. The quantitative estimate of drug-likeness (QED) is 0.685. The van der Waals surface area contributed by atoms with E-state index in [1.54, 1.807) is 11.0 Å². The van der Waals surface area contributed by atoms with Crippen LogP contribution >= 0.6 is 0 Å². The molecule has 0 spiro atoms. The number of hydrogen-bond acceptors (Lipinski definition) is 4. The van der Waals surface area contributed by atoms with Gasteiger partial charge in [-0.3, -0.25) is 4.79 Å². The molecule has 0 saturated heterocycles. The first-order chi connectivity index (χ1) is 12.6. The Hall–Kier alpha value is -2.99. The highest BCUT2D eigenvalue weighted by molar-refractivity contribution is 5.79. The monoisotopic (exact) mass is 349 g/mol. The van der Waals surface area contributed by atoms with Crippen molar-refractivity contribution in [3.8, 4) is 0 Å². The van der Waals surface area contributed by atoms with Gasteiger partial charge in [0.2, 0.25) is 5.91 Å². The summed E-state index contributed by atoms with van der Waals surface area (Å²) in [5, 5.41) is 7.06. The van der Waals surface area contributed by atoms with Crippen LogP contribution in [0.4, 0.5) is 0 Å². The molecule has 0 aliphatic rings. The molecule has 3 aromatic rings. The summed E-state index contributed by atoms with van der Waals surface area (Å²) in [5.74, 6) is -0.350. The van der Waals surface area contributed by atoms with Gasteiger partial charge in [0.15, 0.2) is 0 Å². The van der Waals surface area contributed by atoms with Crippen molar-refractivity contribution in [2.24, 2.45) is 11.7 Å². The Morgan fingerprint density at radius 3 is 2.46 bits per heavy atom. The number of carbonyl (C=O) groups excluding carboxylic acids is 1. The fourth-order valence-electron chi connectivity index (χ4n) is 2.74. The van der Waals surface area contributed by atoms with Crippen LogP contribution < -0.4 is 11.1 Å². The number of nitrogens with one attached hydrogen (secondary N) is 1. The molecule has 0 aliphatic carbocycles. The van der Waals surface area contributed by atoms with Gasteiger partial charge >= 0.3 is 0 Å². The topological polar surface area (TPSA) is 85.8 Å².